The van der Waals surface area contributed by atoms with E-state index in [0.29, 0.717) is 36.1 Å². The molecular weight excluding hydrogens is 266 g/mol. The SMILES string of the molecule is COc1cc(C)ccc1C(=O)CN1CC(C(C)C)CC1=O. The molecule has 1 unspecified atom stereocenters. The zero-order valence-electron chi connectivity index (χ0n) is 13.2. The number of carbonyl (C=O) groups excluding carboxylic acids is 2. The van der Waals surface area contributed by atoms with E-state index in [9.17, 15) is 9.59 Å². The molecule has 0 bridgehead atoms. The van der Waals surface area contributed by atoms with Gasteiger partial charge in [0.1, 0.15) is 5.75 Å². The van der Waals surface area contributed by atoms with Crippen LogP contribution in [0.25, 0.3) is 0 Å². The van der Waals surface area contributed by atoms with Crippen LogP contribution in [0.5, 0.6) is 5.75 Å². The predicted octanol–water partition coefficient (Wildman–Crippen LogP) is 2.69. The van der Waals surface area contributed by atoms with E-state index in [1.807, 2.05) is 19.1 Å². The molecule has 114 valence electrons. The van der Waals surface area contributed by atoms with E-state index in [1.165, 1.54) is 0 Å². The summed E-state index contributed by atoms with van der Waals surface area (Å²) < 4.78 is 5.27. The molecule has 0 aliphatic carbocycles. The number of hydrogen-bond donors (Lipinski definition) is 0. The summed E-state index contributed by atoms with van der Waals surface area (Å²) in [6.07, 6.45) is 0.552. The van der Waals surface area contributed by atoms with Gasteiger partial charge in [0, 0.05) is 13.0 Å². The number of hydrogen-bond acceptors (Lipinski definition) is 3. The Bertz CT molecular complexity index is 551. The van der Waals surface area contributed by atoms with Gasteiger partial charge in [-0.25, -0.2) is 0 Å². The molecule has 1 atom stereocenters. The molecule has 0 radical (unpaired) electrons. The van der Waals surface area contributed by atoms with Gasteiger partial charge in [0.2, 0.25) is 5.91 Å². The van der Waals surface area contributed by atoms with Crippen molar-refractivity contribution in [1.29, 1.82) is 0 Å². The van der Waals surface area contributed by atoms with Crippen molar-refractivity contribution in [2.45, 2.75) is 27.2 Å². The zero-order chi connectivity index (χ0) is 15.6. The number of nitrogens with zero attached hydrogens (tertiary/aromatic N) is 1. The first-order valence-corrected chi connectivity index (χ1v) is 7.38. The summed E-state index contributed by atoms with van der Waals surface area (Å²) in [6.45, 7) is 7.00. The highest BCUT2D eigenvalue weighted by molar-refractivity contribution is 6.01. The summed E-state index contributed by atoms with van der Waals surface area (Å²) >= 11 is 0. The third-order valence-electron chi connectivity index (χ3n) is 4.18. The molecule has 0 spiro atoms. The first-order chi connectivity index (χ1) is 9.92. The molecule has 1 aromatic rings. The number of Topliss-reactive ketones (excluding diaryl/α,β-unsaturated/α-hetero) is 1. The average molecular weight is 289 g/mol. The monoisotopic (exact) mass is 289 g/mol. The minimum Gasteiger partial charge on any atom is -0.496 e. The lowest BCUT2D eigenvalue weighted by Gasteiger charge is -2.18. The highest BCUT2D eigenvalue weighted by Crippen LogP contribution is 2.26. The van der Waals surface area contributed by atoms with Crippen LogP contribution in [0.15, 0.2) is 18.2 Å². The molecule has 0 aromatic heterocycles. The smallest absolute Gasteiger partial charge is 0.223 e. The molecule has 1 saturated heterocycles. The molecule has 1 amide bonds. The molecule has 0 N–H and O–H groups in total. The summed E-state index contributed by atoms with van der Waals surface area (Å²) in [5.74, 6) is 1.40. The van der Waals surface area contributed by atoms with E-state index >= 15 is 0 Å². The minimum absolute atomic E-state index is 0.0652. The lowest BCUT2D eigenvalue weighted by Crippen LogP contribution is -2.31. The van der Waals surface area contributed by atoms with Crippen LogP contribution in [-0.4, -0.2) is 36.8 Å². The second-order valence-electron chi connectivity index (χ2n) is 6.11. The molecule has 21 heavy (non-hydrogen) atoms. The Morgan fingerprint density at radius 1 is 1.43 bits per heavy atom. The number of rotatable bonds is 5. The minimum atomic E-state index is -0.0652. The van der Waals surface area contributed by atoms with Gasteiger partial charge >= 0.3 is 0 Å². The highest BCUT2D eigenvalue weighted by Gasteiger charge is 2.32. The number of ether oxygens (including phenoxy) is 1. The van der Waals surface area contributed by atoms with Gasteiger partial charge in [0.05, 0.1) is 19.2 Å². The third kappa shape index (κ3) is 3.43. The Morgan fingerprint density at radius 2 is 2.14 bits per heavy atom. The maximum Gasteiger partial charge on any atom is 0.223 e. The van der Waals surface area contributed by atoms with Crippen molar-refractivity contribution in [2.75, 3.05) is 20.2 Å². The maximum atomic E-state index is 12.4. The summed E-state index contributed by atoms with van der Waals surface area (Å²) in [4.78, 5) is 26.1. The van der Waals surface area contributed by atoms with E-state index in [2.05, 4.69) is 13.8 Å². The van der Waals surface area contributed by atoms with E-state index < -0.39 is 0 Å². The van der Waals surface area contributed by atoms with Gasteiger partial charge in [-0.15, -0.1) is 0 Å². The number of likely N-dealkylation sites (tertiary alicyclic amines) is 1. The molecule has 1 aliphatic rings. The van der Waals surface area contributed by atoms with E-state index in [0.717, 1.165) is 5.56 Å². The van der Waals surface area contributed by atoms with Crippen LogP contribution in [0.2, 0.25) is 0 Å². The van der Waals surface area contributed by atoms with E-state index in [-0.39, 0.29) is 18.2 Å². The van der Waals surface area contributed by atoms with Gasteiger partial charge in [-0.05, 0) is 36.5 Å². The standard InChI is InChI=1S/C17H23NO3/c1-11(2)13-8-17(20)18(9-13)10-15(19)14-6-5-12(3)7-16(14)21-4/h5-7,11,13H,8-10H2,1-4H3. The third-order valence-corrected chi connectivity index (χ3v) is 4.18. The average Bonchev–Trinajstić information content (AvgIpc) is 2.80. The number of ketones is 1. The van der Waals surface area contributed by atoms with Gasteiger partial charge in [0.25, 0.3) is 0 Å². The zero-order valence-corrected chi connectivity index (χ0v) is 13.2. The molecule has 1 fully saturated rings. The summed E-state index contributed by atoms with van der Waals surface area (Å²) in [7, 11) is 1.56. The second kappa shape index (κ2) is 6.29. The van der Waals surface area contributed by atoms with Crippen molar-refractivity contribution in [3.05, 3.63) is 29.3 Å². The van der Waals surface area contributed by atoms with Crippen LogP contribution in [0, 0.1) is 18.8 Å². The molecule has 2 rings (SSSR count). The van der Waals surface area contributed by atoms with Crippen LogP contribution in [0.1, 0.15) is 36.2 Å². The van der Waals surface area contributed by atoms with Gasteiger partial charge in [-0.1, -0.05) is 19.9 Å². The molecule has 4 nitrogen and oxygen atoms in total. The fourth-order valence-electron chi connectivity index (χ4n) is 2.69. The quantitative estimate of drug-likeness (QED) is 0.783. The fourth-order valence-corrected chi connectivity index (χ4v) is 2.69. The van der Waals surface area contributed by atoms with Gasteiger partial charge in [0.15, 0.2) is 5.78 Å². The van der Waals surface area contributed by atoms with Crippen molar-refractivity contribution in [3.8, 4) is 5.75 Å². The summed E-state index contributed by atoms with van der Waals surface area (Å²) in [6, 6.07) is 5.51. The molecule has 0 saturated carbocycles. The highest BCUT2D eigenvalue weighted by atomic mass is 16.5. The first-order valence-electron chi connectivity index (χ1n) is 7.38. The van der Waals surface area contributed by atoms with Crippen molar-refractivity contribution >= 4 is 11.7 Å². The number of carbonyl (C=O) groups is 2. The Balaban J connectivity index is 2.10. The largest absolute Gasteiger partial charge is 0.496 e. The van der Waals surface area contributed by atoms with E-state index in [1.54, 1.807) is 18.1 Å². The van der Waals surface area contributed by atoms with Crippen LogP contribution >= 0.6 is 0 Å². The maximum absolute atomic E-state index is 12.4. The number of aryl methyl sites for hydroxylation is 1. The van der Waals surface area contributed by atoms with Crippen molar-refractivity contribution in [1.82, 2.24) is 4.90 Å². The van der Waals surface area contributed by atoms with Gasteiger partial charge in [-0.3, -0.25) is 9.59 Å². The number of benzene rings is 1. The topological polar surface area (TPSA) is 46.6 Å². The molecule has 1 aliphatic heterocycles. The normalized spacial score (nSPS) is 18.4. The number of amides is 1. The van der Waals surface area contributed by atoms with Gasteiger partial charge < -0.3 is 9.64 Å². The Kier molecular flexibility index (Phi) is 4.66. The lowest BCUT2D eigenvalue weighted by molar-refractivity contribution is -0.127. The Labute approximate surface area is 126 Å². The van der Waals surface area contributed by atoms with Crippen LogP contribution in [-0.2, 0) is 4.79 Å². The summed E-state index contributed by atoms with van der Waals surface area (Å²) in [5, 5.41) is 0. The lowest BCUT2D eigenvalue weighted by atomic mass is 9.95. The molecule has 1 heterocycles. The summed E-state index contributed by atoms with van der Waals surface area (Å²) in [5.41, 5.74) is 1.59. The molecular formula is C17H23NO3. The van der Waals surface area contributed by atoms with E-state index in [4.69, 9.17) is 4.74 Å². The van der Waals surface area contributed by atoms with Crippen LogP contribution in [0.3, 0.4) is 0 Å². The second-order valence-corrected chi connectivity index (χ2v) is 6.11. The van der Waals surface area contributed by atoms with Crippen LogP contribution < -0.4 is 4.74 Å². The predicted molar refractivity (Wildman–Crippen MR) is 81.6 cm³/mol. The van der Waals surface area contributed by atoms with Crippen molar-refractivity contribution in [3.63, 3.8) is 0 Å². The first kappa shape index (κ1) is 15.5. The molecule has 4 heteroatoms. The van der Waals surface area contributed by atoms with Crippen molar-refractivity contribution < 1.29 is 14.3 Å². The fraction of sp³-hybridized carbons (Fsp3) is 0.529. The van der Waals surface area contributed by atoms with Crippen LogP contribution in [0.4, 0.5) is 0 Å². The Hall–Kier alpha value is -1.84. The molecule has 1 aromatic carbocycles. The van der Waals surface area contributed by atoms with Crippen molar-refractivity contribution in [2.24, 2.45) is 11.8 Å². The Morgan fingerprint density at radius 3 is 2.71 bits per heavy atom. The van der Waals surface area contributed by atoms with Gasteiger partial charge in [-0.2, -0.15) is 0 Å². The number of methoxy groups -OCH3 is 1.